The van der Waals surface area contributed by atoms with Crippen molar-refractivity contribution in [1.29, 1.82) is 0 Å². The summed E-state index contributed by atoms with van der Waals surface area (Å²) >= 11 is 5.85. The molecule has 20 heavy (non-hydrogen) atoms. The minimum absolute atomic E-state index is 0.733. The van der Waals surface area contributed by atoms with Gasteiger partial charge in [-0.25, -0.2) is 0 Å². The number of aryl methyl sites for hydroxylation is 1. The Hall–Kier alpha value is -1.51. The van der Waals surface area contributed by atoms with Gasteiger partial charge < -0.3 is 10.1 Å². The molecule has 2 aromatic carbocycles. The van der Waals surface area contributed by atoms with Gasteiger partial charge in [0.1, 0.15) is 5.75 Å². The fourth-order valence-corrected chi connectivity index (χ4v) is 1.98. The zero-order valence-corrected chi connectivity index (χ0v) is 12.5. The standard InChI is InChI=1S/C17H20ClNO/c1-14-3-9-17(10-4-14)20-12-2-11-19-13-15-5-7-16(18)8-6-15/h3-10,19H,2,11-13H2,1H3. The first-order chi connectivity index (χ1) is 9.74. The maximum absolute atomic E-state index is 5.85. The van der Waals surface area contributed by atoms with Crippen LogP contribution in [0.2, 0.25) is 5.02 Å². The highest BCUT2D eigenvalue weighted by molar-refractivity contribution is 6.30. The number of ether oxygens (including phenoxy) is 1. The van der Waals surface area contributed by atoms with Crippen molar-refractivity contribution in [3.05, 3.63) is 64.7 Å². The van der Waals surface area contributed by atoms with Crippen molar-refractivity contribution in [3.63, 3.8) is 0 Å². The van der Waals surface area contributed by atoms with Crippen molar-refractivity contribution in [1.82, 2.24) is 5.32 Å². The van der Waals surface area contributed by atoms with Crippen molar-refractivity contribution in [2.24, 2.45) is 0 Å². The van der Waals surface area contributed by atoms with Crippen LogP contribution >= 0.6 is 11.6 Å². The van der Waals surface area contributed by atoms with E-state index in [1.54, 1.807) is 0 Å². The lowest BCUT2D eigenvalue weighted by atomic mass is 10.2. The quantitative estimate of drug-likeness (QED) is 0.771. The predicted molar refractivity (Wildman–Crippen MR) is 84.4 cm³/mol. The molecule has 0 fully saturated rings. The molecule has 2 rings (SSSR count). The van der Waals surface area contributed by atoms with Crippen LogP contribution in [0.3, 0.4) is 0 Å². The van der Waals surface area contributed by atoms with Crippen LogP contribution in [0, 0.1) is 6.92 Å². The third kappa shape index (κ3) is 5.24. The van der Waals surface area contributed by atoms with Gasteiger partial charge in [0.15, 0.2) is 0 Å². The molecule has 0 saturated heterocycles. The summed E-state index contributed by atoms with van der Waals surface area (Å²) in [5.74, 6) is 0.938. The smallest absolute Gasteiger partial charge is 0.119 e. The van der Waals surface area contributed by atoms with E-state index in [1.165, 1.54) is 11.1 Å². The summed E-state index contributed by atoms with van der Waals surface area (Å²) in [6.07, 6.45) is 0.988. The van der Waals surface area contributed by atoms with E-state index in [1.807, 2.05) is 36.4 Å². The fraction of sp³-hybridized carbons (Fsp3) is 0.294. The number of rotatable bonds is 7. The van der Waals surface area contributed by atoms with Gasteiger partial charge >= 0.3 is 0 Å². The highest BCUT2D eigenvalue weighted by Gasteiger charge is 1.95. The molecule has 0 aliphatic heterocycles. The molecular weight excluding hydrogens is 270 g/mol. The third-order valence-corrected chi connectivity index (χ3v) is 3.28. The Morgan fingerprint density at radius 1 is 1.00 bits per heavy atom. The van der Waals surface area contributed by atoms with Gasteiger partial charge in [0.25, 0.3) is 0 Å². The fourth-order valence-electron chi connectivity index (χ4n) is 1.86. The summed E-state index contributed by atoms with van der Waals surface area (Å²) in [7, 11) is 0. The molecule has 0 aliphatic rings. The van der Waals surface area contributed by atoms with E-state index in [9.17, 15) is 0 Å². The van der Waals surface area contributed by atoms with Crippen LogP contribution < -0.4 is 10.1 Å². The molecule has 0 aromatic heterocycles. The predicted octanol–water partition coefficient (Wildman–Crippen LogP) is 4.21. The first-order valence-electron chi connectivity index (χ1n) is 6.89. The van der Waals surface area contributed by atoms with Crippen molar-refractivity contribution in [2.75, 3.05) is 13.2 Å². The van der Waals surface area contributed by atoms with Crippen molar-refractivity contribution in [2.45, 2.75) is 19.9 Å². The van der Waals surface area contributed by atoms with E-state index in [2.05, 4.69) is 24.4 Å². The summed E-state index contributed by atoms with van der Waals surface area (Å²) in [6.45, 7) is 4.61. The summed E-state index contributed by atoms with van der Waals surface area (Å²) in [4.78, 5) is 0. The molecule has 0 saturated carbocycles. The minimum atomic E-state index is 0.733. The highest BCUT2D eigenvalue weighted by atomic mass is 35.5. The molecule has 1 N–H and O–H groups in total. The largest absolute Gasteiger partial charge is 0.494 e. The lowest BCUT2D eigenvalue weighted by molar-refractivity contribution is 0.308. The Bertz CT molecular complexity index is 458. The number of nitrogens with one attached hydrogen (secondary N) is 1. The van der Waals surface area contributed by atoms with Crippen LogP contribution in [-0.2, 0) is 6.54 Å². The summed E-state index contributed by atoms with van der Waals surface area (Å²) < 4.78 is 5.67. The molecule has 0 spiro atoms. The Labute approximate surface area is 125 Å². The average Bonchev–Trinajstić information content (AvgIpc) is 2.46. The first-order valence-corrected chi connectivity index (χ1v) is 7.26. The van der Waals surface area contributed by atoms with Gasteiger partial charge in [-0.2, -0.15) is 0 Å². The molecule has 106 valence electrons. The maximum atomic E-state index is 5.85. The summed E-state index contributed by atoms with van der Waals surface area (Å²) in [6, 6.07) is 16.1. The molecule has 0 atom stereocenters. The maximum Gasteiger partial charge on any atom is 0.119 e. The number of hydrogen-bond acceptors (Lipinski definition) is 2. The number of halogens is 1. The van der Waals surface area contributed by atoms with E-state index in [4.69, 9.17) is 16.3 Å². The molecule has 0 unspecified atom stereocenters. The van der Waals surface area contributed by atoms with Gasteiger partial charge in [-0.3, -0.25) is 0 Å². The van der Waals surface area contributed by atoms with Crippen LogP contribution in [0.5, 0.6) is 5.75 Å². The van der Waals surface area contributed by atoms with Gasteiger partial charge in [-0.1, -0.05) is 41.4 Å². The number of hydrogen-bond donors (Lipinski definition) is 1. The van der Waals surface area contributed by atoms with Crippen LogP contribution in [0.4, 0.5) is 0 Å². The van der Waals surface area contributed by atoms with Gasteiger partial charge in [-0.15, -0.1) is 0 Å². The summed E-state index contributed by atoms with van der Waals surface area (Å²) in [5.41, 5.74) is 2.50. The monoisotopic (exact) mass is 289 g/mol. The van der Waals surface area contributed by atoms with Gasteiger partial charge in [-0.05, 0) is 49.7 Å². The molecule has 3 heteroatoms. The van der Waals surface area contributed by atoms with Gasteiger partial charge in [0, 0.05) is 11.6 Å². The van der Waals surface area contributed by atoms with Gasteiger partial charge in [0.05, 0.1) is 6.61 Å². The average molecular weight is 290 g/mol. The van der Waals surface area contributed by atoms with Crippen molar-refractivity contribution < 1.29 is 4.74 Å². The van der Waals surface area contributed by atoms with E-state index in [0.717, 1.165) is 36.9 Å². The molecule has 0 aliphatic carbocycles. The Balaban J connectivity index is 1.57. The molecule has 0 radical (unpaired) electrons. The van der Waals surface area contributed by atoms with Crippen molar-refractivity contribution >= 4 is 11.6 Å². The topological polar surface area (TPSA) is 21.3 Å². The van der Waals surface area contributed by atoms with Crippen LogP contribution in [0.25, 0.3) is 0 Å². The van der Waals surface area contributed by atoms with E-state index in [0.29, 0.717) is 0 Å². The second kappa shape index (κ2) is 7.93. The second-order valence-electron chi connectivity index (χ2n) is 4.82. The lowest BCUT2D eigenvalue weighted by Crippen LogP contribution is -2.16. The molecule has 2 nitrogen and oxygen atoms in total. The minimum Gasteiger partial charge on any atom is -0.494 e. The van der Waals surface area contributed by atoms with Crippen LogP contribution in [0.15, 0.2) is 48.5 Å². The van der Waals surface area contributed by atoms with E-state index >= 15 is 0 Å². The Morgan fingerprint density at radius 2 is 1.70 bits per heavy atom. The van der Waals surface area contributed by atoms with E-state index < -0.39 is 0 Å². The van der Waals surface area contributed by atoms with Gasteiger partial charge in [0.2, 0.25) is 0 Å². The third-order valence-electron chi connectivity index (χ3n) is 3.03. The molecular formula is C17H20ClNO. The Kier molecular flexibility index (Phi) is 5.90. The molecule has 2 aromatic rings. The molecule has 0 heterocycles. The number of benzene rings is 2. The lowest BCUT2D eigenvalue weighted by Gasteiger charge is -2.07. The van der Waals surface area contributed by atoms with E-state index in [-0.39, 0.29) is 0 Å². The highest BCUT2D eigenvalue weighted by Crippen LogP contribution is 2.11. The second-order valence-corrected chi connectivity index (χ2v) is 5.25. The molecule has 0 amide bonds. The normalized spacial score (nSPS) is 10.5. The van der Waals surface area contributed by atoms with Crippen LogP contribution in [0.1, 0.15) is 17.5 Å². The van der Waals surface area contributed by atoms with Crippen LogP contribution in [-0.4, -0.2) is 13.2 Å². The zero-order chi connectivity index (χ0) is 14.2. The van der Waals surface area contributed by atoms with Crippen molar-refractivity contribution in [3.8, 4) is 5.75 Å². The zero-order valence-electron chi connectivity index (χ0n) is 11.7. The molecule has 0 bridgehead atoms. The SMILES string of the molecule is Cc1ccc(OCCCNCc2ccc(Cl)cc2)cc1. The Morgan fingerprint density at radius 3 is 2.40 bits per heavy atom. The summed E-state index contributed by atoms with van der Waals surface area (Å²) in [5, 5.41) is 4.17. The first kappa shape index (κ1) is 14.9.